The number of hydrogen-bond donors (Lipinski definition) is 1. The van der Waals surface area contributed by atoms with Crippen molar-refractivity contribution in [3.8, 4) is 0 Å². The van der Waals surface area contributed by atoms with Crippen LogP contribution in [0.15, 0.2) is 38.6 Å². The highest BCUT2D eigenvalue weighted by molar-refractivity contribution is 9.10. The number of aliphatic hydroxyl groups excluding tert-OH is 1. The second-order valence-electron chi connectivity index (χ2n) is 4.94. The average Bonchev–Trinajstić information content (AvgIpc) is 2.81. The van der Waals surface area contributed by atoms with E-state index in [4.69, 9.17) is 11.6 Å². The quantitative estimate of drug-likeness (QED) is 0.626. The Morgan fingerprint density at radius 3 is 2.67 bits per heavy atom. The number of nitrogens with zero attached hydrogens (tertiary/aromatic N) is 1. The minimum Gasteiger partial charge on any atom is -0.388 e. The third kappa shape index (κ3) is 5.34. The van der Waals surface area contributed by atoms with Gasteiger partial charge in [-0.15, -0.1) is 11.3 Å². The lowest BCUT2D eigenvalue weighted by molar-refractivity contribution is 0.148. The van der Waals surface area contributed by atoms with E-state index in [0.29, 0.717) is 11.4 Å². The second-order valence-corrected chi connectivity index (χ2v) is 8.17. The Bertz CT molecular complexity index is 605. The van der Waals surface area contributed by atoms with Crippen molar-refractivity contribution in [2.45, 2.75) is 19.1 Å². The van der Waals surface area contributed by atoms with Crippen LogP contribution in [0.4, 0.5) is 0 Å². The summed E-state index contributed by atoms with van der Waals surface area (Å²) in [5.41, 5.74) is 0.784. The van der Waals surface area contributed by atoms with Gasteiger partial charge in [-0.1, -0.05) is 33.6 Å². The van der Waals surface area contributed by atoms with Gasteiger partial charge in [-0.05, 0) is 53.2 Å². The number of thiophene rings is 1. The third-order valence-electron chi connectivity index (χ3n) is 3.15. The zero-order chi connectivity index (χ0) is 15.4. The molecule has 2 nitrogen and oxygen atoms in total. The van der Waals surface area contributed by atoms with Gasteiger partial charge in [-0.3, -0.25) is 0 Å². The summed E-state index contributed by atoms with van der Waals surface area (Å²) in [7, 11) is 2.06. The molecule has 21 heavy (non-hydrogen) atoms. The van der Waals surface area contributed by atoms with Crippen molar-refractivity contribution in [1.29, 1.82) is 0 Å². The molecule has 1 unspecified atom stereocenters. The molecule has 1 heterocycles. The summed E-state index contributed by atoms with van der Waals surface area (Å²) in [6, 6.07) is 7.71. The lowest BCUT2D eigenvalue weighted by Gasteiger charge is -2.19. The van der Waals surface area contributed by atoms with Gasteiger partial charge in [0.1, 0.15) is 0 Å². The highest BCUT2D eigenvalue weighted by atomic mass is 79.9. The van der Waals surface area contributed by atoms with Crippen LogP contribution in [-0.2, 0) is 6.54 Å². The molecule has 1 aromatic heterocycles. The van der Waals surface area contributed by atoms with Crippen LogP contribution in [0.2, 0.25) is 5.02 Å². The van der Waals surface area contributed by atoms with Crippen LogP contribution >= 0.6 is 54.8 Å². The topological polar surface area (TPSA) is 23.5 Å². The molecule has 1 atom stereocenters. The number of aliphatic hydroxyl groups is 1. The van der Waals surface area contributed by atoms with Crippen molar-refractivity contribution in [2.75, 3.05) is 13.6 Å². The zero-order valence-electron chi connectivity index (χ0n) is 11.5. The summed E-state index contributed by atoms with van der Waals surface area (Å²) in [5.74, 6) is 0. The van der Waals surface area contributed by atoms with Crippen LogP contribution in [0.1, 0.15) is 23.0 Å². The van der Waals surface area contributed by atoms with Crippen LogP contribution < -0.4 is 0 Å². The van der Waals surface area contributed by atoms with Crippen molar-refractivity contribution >= 4 is 54.8 Å². The van der Waals surface area contributed by atoms with E-state index in [9.17, 15) is 5.11 Å². The second kappa shape index (κ2) is 8.09. The highest BCUT2D eigenvalue weighted by Crippen LogP contribution is 2.28. The van der Waals surface area contributed by atoms with Crippen molar-refractivity contribution in [1.82, 2.24) is 4.90 Å². The van der Waals surface area contributed by atoms with E-state index in [1.807, 2.05) is 18.2 Å². The molecule has 2 rings (SSSR count). The van der Waals surface area contributed by atoms with Gasteiger partial charge in [0, 0.05) is 37.3 Å². The van der Waals surface area contributed by atoms with E-state index in [1.165, 1.54) is 4.88 Å². The van der Waals surface area contributed by atoms with Gasteiger partial charge in [0.15, 0.2) is 0 Å². The molecular weight excluding hydrogens is 437 g/mol. The van der Waals surface area contributed by atoms with E-state index in [-0.39, 0.29) is 0 Å². The predicted octanol–water partition coefficient (Wildman–Crippen LogP) is 5.48. The Morgan fingerprint density at radius 2 is 2.05 bits per heavy atom. The molecule has 0 fully saturated rings. The third-order valence-corrected chi connectivity index (χ3v) is 5.66. The van der Waals surface area contributed by atoms with Gasteiger partial charge >= 0.3 is 0 Å². The molecule has 2 aromatic rings. The average molecular weight is 454 g/mol. The predicted molar refractivity (Wildman–Crippen MR) is 97.1 cm³/mol. The maximum Gasteiger partial charge on any atom is 0.0816 e. The maximum atomic E-state index is 10.3. The lowest BCUT2D eigenvalue weighted by Crippen LogP contribution is -2.20. The summed E-state index contributed by atoms with van der Waals surface area (Å²) < 4.78 is 2.04. The summed E-state index contributed by atoms with van der Waals surface area (Å²) in [5, 5.41) is 13.0. The zero-order valence-corrected chi connectivity index (χ0v) is 16.3. The van der Waals surface area contributed by atoms with E-state index < -0.39 is 6.10 Å². The van der Waals surface area contributed by atoms with Crippen molar-refractivity contribution in [2.24, 2.45) is 0 Å². The van der Waals surface area contributed by atoms with Gasteiger partial charge in [-0.2, -0.15) is 0 Å². The van der Waals surface area contributed by atoms with Crippen LogP contribution in [-0.4, -0.2) is 23.6 Å². The van der Waals surface area contributed by atoms with Crippen molar-refractivity contribution in [3.05, 3.63) is 54.1 Å². The monoisotopic (exact) mass is 451 g/mol. The SMILES string of the molecule is CN(CCC(O)c1ccc(Br)cc1Cl)Cc1cc(Br)cs1. The molecule has 0 bridgehead atoms. The molecular formula is C15H16Br2ClNOS. The van der Waals surface area contributed by atoms with Gasteiger partial charge < -0.3 is 10.0 Å². The Labute approximate surface area is 151 Å². The minimum atomic E-state index is -0.539. The Hall–Kier alpha value is 0.0900. The molecule has 0 saturated carbocycles. The molecule has 1 N–H and O–H groups in total. The Balaban J connectivity index is 1.86. The molecule has 1 aromatic carbocycles. The maximum absolute atomic E-state index is 10.3. The first-order valence-corrected chi connectivity index (χ1v) is 9.34. The Kier molecular flexibility index (Phi) is 6.72. The van der Waals surface area contributed by atoms with Crippen LogP contribution in [0.5, 0.6) is 0 Å². The summed E-state index contributed by atoms with van der Waals surface area (Å²) in [6.45, 7) is 1.69. The normalized spacial score (nSPS) is 12.9. The first kappa shape index (κ1) is 17.4. The minimum absolute atomic E-state index is 0.539. The van der Waals surface area contributed by atoms with Crippen LogP contribution in [0.25, 0.3) is 0 Å². The summed E-state index contributed by atoms with van der Waals surface area (Å²) >= 11 is 14.7. The lowest BCUT2D eigenvalue weighted by atomic mass is 10.1. The van der Waals surface area contributed by atoms with Crippen molar-refractivity contribution < 1.29 is 5.11 Å². The number of halogens is 3. The molecule has 0 radical (unpaired) electrons. The number of rotatable bonds is 6. The van der Waals surface area contributed by atoms with E-state index in [1.54, 1.807) is 11.3 Å². The van der Waals surface area contributed by atoms with E-state index in [2.05, 4.69) is 55.3 Å². The fourth-order valence-electron chi connectivity index (χ4n) is 2.05. The van der Waals surface area contributed by atoms with E-state index in [0.717, 1.165) is 27.6 Å². The first-order chi connectivity index (χ1) is 9.95. The highest BCUT2D eigenvalue weighted by Gasteiger charge is 2.13. The molecule has 0 saturated heterocycles. The smallest absolute Gasteiger partial charge is 0.0816 e. The van der Waals surface area contributed by atoms with Gasteiger partial charge in [0.2, 0.25) is 0 Å². The Morgan fingerprint density at radius 1 is 1.29 bits per heavy atom. The standard InChI is InChI=1S/C15H16Br2ClNOS/c1-19(8-12-6-11(17)9-21-12)5-4-15(20)13-3-2-10(16)7-14(13)18/h2-3,6-7,9,15,20H,4-5,8H2,1H3. The molecule has 0 amide bonds. The summed E-state index contributed by atoms with van der Waals surface area (Å²) in [6.07, 6.45) is 0.118. The molecule has 0 aliphatic rings. The van der Waals surface area contributed by atoms with Gasteiger partial charge in [0.05, 0.1) is 6.10 Å². The molecule has 0 aliphatic carbocycles. The molecule has 6 heteroatoms. The fraction of sp³-hybridized carbons (Fsp3) is 0.333. The molecule has 0 spiro atoms. The fourth-order valence-corrected chi connectivity index (χ4v) is 4.38. The number of hydrogen-bond acceptors (Lipinski definition) is 3. The van der Waals surface area contributed by atoms with Crippen molar-refractivity contribution in [3.63, 3.8) is 0 Å². The molecule has 0 aliphatic heterocycles. The van der Waals surface area contributed by atoms with Crippen LogP contribution in [0.3, 0.4) is 0 Å². The van der Waals surface area contributed by atoms with E-state index >= 15 is 0 Å². The summed E-state index contributed by atoms with van der Waals surface area (Å²) in [4.78, 5) is 3.51. The largest absolute Gasteiger partial charge is 0.388 e. The molecule has 114 valence electrons. The first-order valence-electron chi connectivity index (χ1n) is 6.50. The number of benzene rings is 1. The van der Waals surface area contributed by atoms with Gasteiger partial charge in [0.25, 0.3) is 0 Å². The van der Waals surface area contributed by atoms with Crippen LogP contribution in [0, 0.1) is 0 Å². The van der Waals surface area contributed by atoms with Gasteiger partial charge in [-0.25, -0.2) is 0 Å².